The lowest BCUT2D eigenvalue weighted by atomic mass is 9.92. The summed E-state index contributed by atoms with van der Waals surface area (Å²) in [6.45, 7) is 2.64. The van der Waals surface area contributed by atoms with E-state index in [1.54, 1.807) is 14.0 Å². The van der Waals surface area contributed by atoms with Crippen LogP contribution in [0.15, 0.2) is 24.4 Å². The number of hydrogen-bond acceptors (Lipinski definition) is 5. The fraction of sp³-hybridized carbons (Fsp3) is 0.333. The smallest absolute Gasteiger partial charge is 0.215 e. The Kier molecular flexibility index (Phi) is 5.87. The number of anilines is 1. The summed E-state index contributed by atoms with van der Waals surface area (Å²) < 4.78 is 28.5. The summed E-state index contributed by atoms with van der Waals surface area (Å²) in [5.41, 5.74) is 1.79. The highest BCUT2D eigenvalue weighted by Crippen LogP contribution is 2.38. The normalized spacial score (nSPS) is 14.4. The molecule has 0 aliphatic carbocycles. The van der Waals surface area contributed by atoms with Crippen molar-refractivity contribution in [3.05, 3.63) is 47.3 Å². The third-order valence-corrected chi connectivity index (χ3v) is 5.32. The van der Waals surface area contributed by atoms with Crippen LogP contribution in [0.5, 0.6) is 0 Å². The Bertz CT molecular complexity index is 989. The van der Waals surface area contributed by atoms with Gasteiger partial charge in [0.2, 0.25) is 5.95 Å². The first kappa shape index (κ1) is 20.4. The average Bonchev–Trinajstić information content (AvgIpc) is 2.74. The van der Waals surface area contributed by atoms with Crippen molar-refractivity contribution in [3.63, 3.8) is 0 Å². The van der Waals surface area contributed by atoms with E-state index in [1.165, 1.54) is 29.3 Å². The van der Waals surface area contributed by atoms with Gasteiger partial charge in [-0.1, -0.05) is 0 Å². The molecule has 2 heterocycles. The van der Waals surface area contributed by atoms with E-state index in [1.807, 2.05) is 4.90 Å². The van der Waals surface area contributed by atoms with E-state index < -0.39 is 11.8 Å². The number of piperidine rings is 1. The molecule has 0 bridgehead atoms. The first-order valence-corrected chi connectivity index (χ1v) is 9.29. The van der Waals surface area contributed by atoms with E-state index >= 15 is 0 Å². The number of benzene rings is 1. The number of aromatic nitrogens is 1. The molecule has 29 heavy (non-hydrogen) atoms. The number of pyridine rings is 1. The van der Waals surface area contributed by atoms with Gasteiger partial charge in [0, 0.05) is 48.9 Å². The molecule has 1 saturated heterocycles. The van der Waals surface area contributed by atoms with Crippen molar-refractivity contribution in [2.24, 2.45) is 5.92 Å². The molecule has 3 rings (SSSR count). The molecule has 1 aliphatic heterocycles. The summed E-state index contributed by atoms with van der Waals surface area (Å²) in [6, 6.07) is 6.37. The van der Waals surface area contributed by atoms with Gasteiger partial charge in [0.15, 0.2) is 0 Å². The summed E-state index contributed by atoms with van der Waals surface area (Å²) in [4.78, 5) is 7.13. The topological polar surface area (TPSA) is 90.9 Å². The number of amidine groups is 1. The summed E-state index contributed by atoms with van der Waals surface area (Å²) >= 11 is 0. The van der Waals surface area contributed by atoms with E-state index in [0.29, 0.717) is 54.1 Å². The predicted molar refractivity (Wildman–Crippen MR) is 108 cm³/mol. The molecule has 2 N–H and O–H groups in total. The standard InChI is InChI=1S/C21H22F2N6/c1-13-9-16(11-27-20(13)23)18-17(22)4-3-15(10-24)19(18)29-7-5-14(6-8-29)21(26)28(2)12-25/h3-4,9,11-12,14,25-26H,5-8H2,1-2H3. The lowest BCUT2D eigenvalue weighted by Crippen LogP contribution is -2.41. The van der Waals surface area contributed by atoms with E-state index in [2.05, 4.69) is 11.1 Å². The maximum atomic E-state index is 14.9. The van der Waals surface area contributed by atoms with Gasteiger partial charge in [0.25, 0.3) is 0 Å². The number of nitrogens with zero attached hydrogens (tertiary/aromatic N) is 4. The molecule has 1 aliphatic rings. The molecule has 0 amide bonds. The van der Waals surface area contributed by atoms with Gasteiger partial charge >= 0.3 is 0 Å². The Morgan fingerprint density at radius 3 is 2.62 bits per heavy atom. The van der Waals surface area contributed by atoms with Crippen LogP contribution >= 0.6 is 0 Å². The summed E-state index contributed by atoms with van der Waals surface area (Å²) in [7, 11) is 1.67. The van der Waals surface area contributed by atoms with Crippen molar-refractivity contribution >= 4 is 17.9 Å². The fourth-order valence-electron chi connectivity index (χ4n) is 3.69. The van der Waals surface area contributed by atoms with Gasteiger partial charge in [-0.2, -0.15) is 9.65 Å². The maximum absolute atomic E-state index is 14.9. The Labute approximate surface area is 168 Å². The minimum absolute atomic E-state index is 0.00451. The highest BCUT2D eigenvalue weighted by Gasteiger charge is 2.28. The quantitative estimate of drug-likeness (QED) is 0.465. The maximum Gasteiger partial charge on any atom is 0.215 e. The van der Waals surface area contributed by atoms with Crippen LogP contribution in [0.4, 0.5) is 14.5 Å². The van der Waals surface area contributed by atoms with Crippen LogP contribution in [-0.4, -0.2) is 42.2 Å². The molecule has 1 aromatic heterocycles. The van der Waals surface area contributed by atoms with Gasteiger partial charge in [-0.25, -0.2) is 9.37 Å². The van der Waals surface area contributed by atoms with Crippen molar-refractivity contribution < 1.29 is 8.78 Å². The first-order chi connectivity index (χ1) is 13.9. The molecule has 8 heteroatoms. The van der Waals surface area contributed by atoms with E-state index in [9.17, 15) is 14.0 Å². The van der Waals surface area contributed by atoms with Crippen molar-refractivity contribution in [1.29, 1.82) is 16.1 Å². The van der Waals surface area contributed by atoms with Crippen molar-refractivity contribution in [2.75, 3.05) is 25.0 Å². The summed E-state index contributed by atoms with van der Waals surface area (Å²) in [5.74, 6) is -0.736. The third kappa shape index (κ3) is 3.94. The molecule has 6 nitrogen and oxygen atoms in total. The highest BCUT2D eigenvalue weighted by molar-refractivity contribution is 5.90. The van der Waals surface area contributed by atoms with E-state index in [4.69, 9.17) is 10.8 Å². The van der Waals surface area contributed by atoms with Crippen LogP contribution in [0.2, 0.25) is 0 Å². The number of hydrogen-bond donors (Lipinski definition) is 2. The molecule has 0 saturated carbocycles. The molecule has 2 aromatic rings. The number of nitrogens with one attached hydrogen (secondary N) is 2. The fourth-order valence-corrected chi connectivity index (χ4v) is 3.69. The molecule has 1 aromatic carbocycles. The minimum atomic E-state index is -0.609. The zero-order valence-electron chi connectivity index (χ0n) is 16.3. The van der Waals surface area contributed by atoms with E-state index in [0.717, 1.165) is 6.34 Å². The van der Waals surface area contributed by atoms with Crippen LogP contribution in [0, 0.1) is 46.8 Å². The number of nitriles is 1. The van der Waals surface area contributed by atoms with Crippen LogP contribution in [0.1, 0.15) is 24.0 Å². The second kappa shape index (κ2) is 8.35. The number of rotatable bonds is 4. The van der Waals surface area contributed by atoms with Gasteiger partial charge in [0.05, 0.1) is 17.6 Å². The van der Waals surface area contributed by atoms with Crippen LogP contribution in [-0.2, 0) is 0 Å². The minimum Gasteiger partial charge on any atom is -0.370 e. The van der Waals surface area contributed by atoms with Gasteiger partial charge in [-0.3, -0.25) is 10.8 Å². The molecule has 0 unspecified atom stereocenters. The SMILES string of the molecule is Cc1cc(-c2c(F)ccc(C#N)c2N2CCC(C(=N)N(C)C=N)CC2)cnc1F. The largest absolute Gasteiger partial charge is 0.370 e. The van der Waals surface area contributed by atoms with Crippen LogP contribution in [0.25, 0.3) is 11.1 Å². The van der Waals surface area contributed by atoms with Crippen molar-refractivity contribution in [3.8, 4) is 17.2 Å². The Morgan fingerprint density at radius 1 is 1.34 bits per heavy atom. The van der Waals surface area contributed by atoms with E-state index in [-0.39, 0.29) is 11.5 Å². The highest BCUT2D eigenvalue weighted by atomic mass is 19.1. The zero-order chi connectivity index (χ0) is 21.1. The molecule has 1 fully saturated rings. The monoisotopic (exact) mass is 396 g/mol. The predicted octanol–water partition coefficient (Wildman–Crippen LogP) is 3.94. The lowest BCUT2D eigenvalue weighted by Gasteiger charge is -2.36. The molecule has 0 radical (unpaired) electrons. The first-order valence-electron chi connectivity index (χ1n) is 9.29. The average molecular weight is 396 g/mol. The van der Waals surface area contributed by atoms with Crippen LogP contribution < -0.4 is 4.90 Å². The Morgan fingerprint density at radius 2 is 2.03 bits per heavy atom. The lowest BCUT2D eigenvalue weighted by molar-refractivity contribution is 0.472. The molecule has 0 atom stereocenters. The molecule has 150 valence electrons. The van der Waals surface area contributed by atoms with Gasteiger partial charge in [-0.05, 0) is 38.0 Å². The zero-order valence-corrected chi connectivity index (χ0v) is 16.3. The van der Waals surface area contributed by atoms with Gasteiger partial charge < -0.3 is 9.80 Å². The molecular formula is C21H22F2N6. The Hall–Kier alpha value is -3.34. The number of halogens is 2. The summed E-state index contributed by atoms with van der Waals surface area (Å²) in [5, 5.41) is 25.1. The second-order valence-electron chi connectivity index (χ2n) is 7.15. The van der Waals surface area contributed by atoms with Gasteiger partial charge in [0.1, 0.15) is 17.7 Å². The van der Waals surface area contributed by atoms with Crippen molar-refractivity contribution in [2.45, 2.75) is 19.8 Å². The second-order valence-corrected chi connectivity index (χ2v) is 7.15. The molecular weight excluding hydrogens is 374 g/mol. The van der Waals surface area contributed by atoms with Crippen molar-refractivity contribution in [1.82, 2.24) is 9.88 Å². The van der Waals surface area contributed by atoms with Crippen LogP contribution in [0.3, 0.4) is 0 Å². The Balaban J connectivity index is 1.98. The van der Waals surface area contributed by atoms with Gasteiger partial charge in [-0.15, -0.1) is 0 Å². The number of aryl methyl sites for hydroxylation is 1. The molecule has 0 spiro atoms. The summed E-state index contributed by atoms with van der Waals surface area (Å²) in [6.07, 6.45) is 3.70. The third-order valence-electron chi connectivity index (χ3n) is 5.32.